The highest BCUT2D eigenvalue weighted by Crippen LogP contribution is 2.43. The first-order valence-corrected chi connectivity index (χ1v) is 10.3. The first-order chi connectivity index (χ1) is 14.4. The van der Waals surface area contributed by atoms with E-state index >= 15 is 0 Å². The van der Waals surface area contributed by atoms with Crippen LogP contribution in [0.5, 0.6) is 0 Å². The van der Waals surface area contributed by atoms with Crippen LogP contribution in [-0.2, 0) is 4.79 Å². The molecule has 3 aromatic carbocycles. The van der Waals surface area contributed by atoms with Crippen molar-refractivity contribution in [1.82, 2.24) is 0 Å². The minimum absolute atomic E-state index is 0.0765. The summed E-state index contributed by atoms with van der Waals surface area (Å²) in [6.07, 6.45) is 0. The van der Waals surface area contributed by atoms with Crippen molar-refractivity contribution in [2.75, 3.05) is 16.0 Å². The first-order valence-electron chi connectivity index (χ1n) is 9.29. The van der Waals surface area contributed by atoms with Crippen LogP contribution in [0, 0.1) is 18.6 Å². The second-order valence-corrected chi connectivity index (χ2v) is 7.96. The standard InChI is InChI=1S/C23H18F2N2O2S/c1-14-19(25)3-2-4-20(14)27-21(28)13-30-23(27)16-7-11-18(12-8-16)26-22(29)15-5-9-17(24)10-6-15/h2-12,23H,13H2,1H3,(H,26,29)/t23-/m0/s1. The molecule has 0 unspecified atom stereocenters. The van der Waals surface area contributed by atoms with E-state index in [1.165, 1.54) is 42.1 Å². The lowest BCUT2D eigenvalue weighted by Crippen LogP contribution is -2.28. The summed E-state index contributed by atoms with van der Waals surface area (Å²) in [6.45, 7) is 1.66. The second kappa shape index (κ2) is 8.28. The summed E-state index contributed by atoms with van der Waals surface area (Å²) < 4.78 is 27.0. The third kappa shape index (κ3) is 3.93. The van der Waals surface area contributed by atoms with Crippen LogP contribution in [0.1, 0.15) is 26.9 Å². The van der Waals surface area contributed by atoms with Crippen molar-refractivity contribution in [3.8, 4) is 0 Å². The maximum absolute atomic E-state index is 14.0. The van der Waals surface area contributed by atoms with Gasteiger partial charge < -0.3 is 5.32 Å². The molecule has 1 fully saturated rings. The molecule has 0 spiro atoms. The SMILES string of the molecule is Cc1c(F)cccc1N1C(=O)CS[C@H]1c1ccc(NC(=O)c2ccc(F)cc2)cc1. The van der Waals surface area contributed by atoms with E-state index < -0.39 is 5.82 Å². The van der Waals surface area contributed by atoms with Crippen LogP contribution in [0.15, 0.2) is 66.7 Å². The van der Waals surface area contributed by atoms with Gasteiger partial charge in [-0.05, 0) is 61.0 Å². The van der Waals surface area contributed by atoms with E-state index in [1.54, 1.807) is 36.1 Å². The normalized spacial score (nSPS) is 16.0. The van der Waals surface area contributed by atoms with Gasteiger partial charge in [-0.15, -0.1) is 11.8 Å². The predicted molar refractivity (Wildman–Crippen MR) is 115 cm³/mol. The number of amides is 2. The smallest absolute Gasteiger partial charge is 0.255 e. The summed E-state index contributed by atoms with van der Waals surface area (Å²) in [7, 11) is 0. The van der Waals surface area contributed by atoms with Crippen molar-refractivity contribution in [3.63, 3.8) is 0 Å². The summed E-state index contributed by atoms with van der Waals surface area (Å²) in [5.41, 5.74) is 2.79. The topological polar surface area (TPSA) is 49.4 Å². The molecule has 0 radical (unpaired) electrons. The highest BCUT2D eigenvalue weighted by Gasteiger charge is 2.35. The Bertz CT molecular complexity index is 1100. The monoisotopic (exact) mass is 424 g/mol. The van der Waals surface area contributed by atoms with E-state index in [1.807, 2.05) is 12.1 Å². The van der Waals surface area contributed by atoms with Crippen molar-refractivity contribution in [2.24, 2.45) is 0 Å². The zero-order valence-corrected chi connectivity index (χ0v) is 16.9. The molecule has 3 aromatic rings. The molecular formula is C23H18F2N2O2S. The van der Waals surface area contributed by atoms with E-state index in [0.29, 0.717) is 28.3 Å². The number of benzene rings is 3. The van der Waals surface area contributed by atoms with Gasteiger partial charge in [0.25, 0.3) is 5.91 Å². The minimum Gasteiger partial charge on any atom is -0.322 e. The predicted octanol–water partition coefficient (Wildman–Crippen LogP) is 5.30. The molecular weight excluding hydrogens is 406 g/mol. The quantitative estimate of drug-likeness (QED) is 0.618. The van der Waals surface area contributed by atoms with Crippen LogP contribution in [-0.4, -0.2) is 17.6 Å². The van der Waals surface area contributed by atoms with Crippen molar-refractivity contribution in [3.05, 3.63) is 95.1 Å². The average Bonchev–Trinajstić information content (AvgIpc) is 3.12. The molecule has 1 heterocycles. The third-order valence-corrected chi connectivity index (χ3v) is 6.14. The Morgan fingerprint density at radius 3 is 2.43 bits per heavy atom. The fourth-order valence-electron chi connectivity index (χ4n) is 3.32. The van der Waals surface area contributed by atoms with Gasteiger partial charge in [-0.25, -0.2) is 8.78 Å². The molecule has 1 atom stereocenters. The second-order valence-electron chi connectivity index (χ2n) is 6.89. The van der Waals surface area contributed by atoms with Gasteiger partial charge in [-0.3, -0.25) is 14.5 Å². The van der Waals surface area contributed by atoms with Crippen LogP contribution in [0.2, 0.25) is 0 Å². The molecule has 30 heavy (non-hydrogen) atoms. The van der Waals surface area contributed by atoms with E-state index in [4.69, 9.17) is 0 Å². The number of carbonyl (C=O) groups is 2. The number of nitrogens with zero attached hydrogens (tertiary/aromatic N) is 1. The molecule has 0 aromatic heterocycles. The van der Waals surface area contributed by atoms with E-state index in [-0.39, 0.29) is 23.0 Å². The Labute approximate surface area is 176 Å². The molecule has 7 heteroatoms. The lowest BCUT2D eigenvalue weighted by atomic mass is 10.1. The summed E-state index contributed by atoms with van der Waals surface area (Å²) in [5.74, 6) is -0.867. The van der Waals surface area contributed by atoms with E-state index in [9.17, 15) is 18.4 Å². The maximum atomic E-state index is 14.0. The molecule has 152 valence electrons. The van der Waals surface area contributed by atoms with Gasteiger partial charge in [0.05, 0.1) is 11.4 Å². The summed E-state index contributed by atoms with van der Waals surface area (Å²) in [6, 6.07) is 17.2. The zero-order valence-electron chi connectivity index (χ0n) is 16.1. The van der Waals surface area contributed by atoms with Gasteiger partial charge in [0.15, 0.2) is 0 Å². The van der Waals surface area contributed by atoms with Crippen LogP contribution >= 0.6 is 11.8 Å². The molecule has 0 bridgehead atoms. The summed E-state index contributed by atoms with van der Waals surface area (Å²) >= 11 is 1.47. The number of halogens is 2. The fourth-order valence-corrected chi connectivity index (χ4v) is 4.49. The highest BCUT2D eigenvalue weighted by molar-refractivity contribution is 8.00. The molecule has 1 aliphatic rings. The molecule has 1 saturated heterocycles. The Balaban J connectivity index is 1.54. The van der Waals surface area contributed by atoms with Crippen LogP contribution in [0.3, 0.4) is 0 Å². The summed E-state index contributed by atoms with van der Waals surface area (Å²) in [5, 5.41) is 2.49. The first kappa shape index (κ1) is 20.1. The maximum Gasteiger partial charge on any atom is 0.255 e. The van der Waals surface area contributed by atoms with E-state index in [2.05, 4.69) is 5.32 Å². The van der Waals surface area contributed by atoms with Gasteiger partial charge in [0, 0.05) is 16.8 Å². The number of hydrogen-bond donors (Lipinski definition) is 1. The van der Waals surface area contributed by atoms with Crippen LogP contribution < -0.4 is 10.2 Å². The third-order valence-electron chi connectivity index (χ3n) is 4.93. The molecule has 0 aliphatic carbocycles. The van der Waals surface area contributed by atoms with Crippen molar-refractivity contribution in [2.45, 2.75) is 12.3 Å². The largest absolute Gasteiger partial charge is 0.322 e. The van der Waals surface area contributed by atoms with Crippen molar-refractivity contribution in [1.29, 1.82) is 0 Å². The van der Waals surface area contributed by atoms with Gasteiger partial charge in [-0.1, -0.05) is 18.2 Å². The Hall–Kier alpha value is -3.19. The fraction of sp³-hybridized carbons (Fsp3) is 0.130. The lowest BCUT2D eigenvalue weighted by molar-refractivity contribution is -0.115. The molecule has 1 aliphatic heterocycles. The van der Waals surface area contributed by atoms with Gasteiger partial charge in [-0.2, -0.15) is 0 Å². The molecule has 2 amide bonds. The lowest BCUT2D eigenvalue weighted by Gasteiger charge is -2.26. The zero-order chi connectivity index (χ0) is 21.3. The van der Waals surface area contributed by atoms with E-state index in [0.717, 1.165) is 5.56 Å². The van der Waals surface area contributed by atoms with Gasteiger partial charge in [0.1, 0.15) is 17.0 Å². The van der Waals surface area contributed by atoms with Crippen LogP contribution in [0.4, 0.5) is 20.2 Å². The minimum atomic E-state index is -0.405. The van der Waals surface area contributed by atoms with Crippen LogP contribution in [0.25, 0.3) is 0 Å². The molecule has 0 saturated carbocycles. The Kier molecular flexibility index (Phi) is 5.55. The number of thioether (sulfide) groups is 1. The number of hydrogen-bond acceptors (Lipinski definition) is 3. The number of rotatable bonds is 4. The molecule has 1 N–H and O–H groups in total. The summed E-state index contributed by atoms with van der Waals surface area (Å²) in [4.78, 5) is 26.4. The molecule has 4 rings (SSSR count). The highest BCUT2D eigenvalue weighted by atomic mass is 32.2. The Morgan fingerprint density at radius 2 is 1.73 bits per heavy atom. The van der Waals surface area contributed by atoms with Crippen molar-refractivity contribution >= 4 is 35.0 Å². The van der Waals surface area contributed by atoms with Gasteiger partial charge in [0.2, 0.25) is 5.91 Å². The molecule has 4 nitrogen and oxygen atoms in total. The van der Waals surface area contributed by atoms with Crippen molar-refractivity contribution < 1.29 is 18.4 Å². The Morgan fingerprint density at radius 1 is 1.03 bits per heavy atom. The number of carbonyl (C=O) groups excluding carboxylic acids is 2. The van der Waals surface area contributed by atoms with Gasteiger partial charge >= 0.3 is 0 Å². The number of anilines is 2. The number of nitrogens with one attached hydrogen (secondary N) is 1. The average molecular weight is 424 g/mol.